The molecule has 2 aromatic heterocycles. The van der Waals surface area contributed by atoms with Gasteiger partial charge in [-0.3, -0.25) is 14.8 Å². The van der Waals surface area contributed by atoms with Crippen molar-refractivity contribution in [3.63, 3.8) is 0 Å². The highest BCUT2D eigenvalue weighted by Gasteiger charge is 2.26. The fourth-order valence-corrected chi connectivity index (χ4v) is 4.20. The van der Waals surface area contributed by atoms with Gasteiger partial charge in [0.05, 0.1) is 12.7 Å². The highest BCUT2D eigenvalue weighted by molar-refractivity contribution is 5.54. The van der Waals surface area contributed by atoms with Crippen LogP contribution in [-0.2, 0) is 11.2 Å². The van der Waals surface area contributed by atoms with Crippen LogP contribution in [0.4, 0.5) is 5.82 Å². The summed E-state index contributed by atoms with van der Waals surface area (Å²) in [5.74, 6) is 1.74. The SMILES string of the molecule is CCc1cc(N2CCN(CC3CN(C(C)C)CCO3)CC2)nc(-c2ccccn2)n1. The second kappa shape index (κ2) is 9.81. The first-order valence-electron chi connectivity index (χ1n) is 11.2. The van der Waals surface area contributed by atoms with E-state index in [4.69, 9.17) is 14.7 Å². The van der Waals surface area contributed by atoms with Gasteiger partial charge in [0.15, 0.2) is 5.82 Å². The van der Waals surface area contributed by atoms with Crippen LogP contribution in [0.25, 0.3) is 11.5 Å². The third kappa shape index (κ3) is 5.14. The van der Waals surface area contributed by atoms with E-state index in [2.05, 4.69) is 46.5 Å². The highest BCUT2D eigenvalue weighted by Crippen LogP contribution is 2.21. The first kappa shape index (κ1) is 21.2. The lowest BCUT2D eigenvalue weighted by Crippen LogP contribution is -2.53. The van der Waals surface area contributed by atoms with Crippen molar-refractivity contribution < 1.29 is 4.74 Å². The van der Waals surface area contributed by atoms with Gasteiger partial charge in [-0.05, 0) is 32.4 Å². The largest absolute Gasteiger partial charge is 0.374 e. The van der Waals surface area contributed by atoms with Crippen LogP contribution in [-0.4, -0.2) is 89.3 Å². The van der Waals surface area contributed by atoms with Crippen LogP contribution >= 0.6 is 0 Å². The minimum absolute atomic E-state index is 0.314. The number of hydrogen-bond donors (Lipinski definition) is 0. The van der Waals surface area contributed by atoms with E-state index in [1.54, 1.807) is 6.20 Å². The number of anilines is 1. The first-order valence-corrected chi connectivity index (χ1v) is 11.2. The summed E-state index contributed by atoms with van der Waals surface area (Å²) in [7, 11) is 0. The van der Waals surface area contributed by atoms with E-state index in [0.717, 1.165) is 81.9 Å². The Morgan fingerprint density at radius 3 is 2.63 bits per heavy atom. The quantitative estimate of drug-likeness (QED) is 0.724. The molecule has 7 nitrogen and oxygen atoms in total. The molecule has 2 aliphatic heterocycles. The summed E-state index contributed by atoms with van der Waals surface area (Å²) in [5, 5.41) is 0. The Labute approximate surface area is 180 Å². The monoisotopic (exact) mass is 410 g/mol. The molecular weight excluding hydrogens is 376 g/mol. The molecular formula is C23H34N6O. The van der Waals surface area contributed by atoms with Gasteiger partial charge in [0.1, 0.15) is 11.5 Å². The Morgan fingerprint density at radius 1 is 1.10 bits per heavy atom. The molecule has 0 aromatic carbocycles. The van der Waals surface area contributed by atoms with Crippen molar-refractivity contribution in [2.45, 2.75) is 39.3 Å². The average Bonchev–Trinajstić information content (AvgIpc) is 2.80. The van der Waals surface area contributed by atoms with E-state index in [0.29, 0.717) is 12.1 Å². The van der Waals surface area contributed by atoms with Gasteiger partial charge in [-0.25, -0.2) is 9.97 Å². The number of aryl methyl sites for hydroxylation is 1. The van der Waals surface area contributed by atoms with Gasteiger partial charge >= 0.3 is 0 Å². The molecule has 1 atom stereocenters. The van der Waals surface area contributed by atoms with Crippen LogP contribution in [0.2, 0.25) is 0 Å². The minimum Gasteiger partial charge on any atom is -0.374 e. The van der Waals surface area contributed by atoms with Crippen molar-refractivity contribution in [1.82, 2.24) is 24.8 Å². The molecule has 0 aliphatic carbocycles. The minimum atomic E-state index is 0.314. The van der Waals surface area contributed by atoms with Crippen LogP contribution < -0.4 is 4.90 Å². The molecule has 2 aromatic rings. The lowest BCUT2D eigenvalue weighted by Gasteiger charge is -2.40. The zero-order valence-corrected chi connectivity index (χ0v) is 18.5. The molecule has 162 valence electrons. The Hall–Kier alpha value is -2.09. The summed E-state index contributed by atoms with van der Waals surface area (Å²) in [6, 6.07) is 8.60. The molecule has 2 aliphatic rings. The number of morpholine rings is 1. The molecule has 2 fully saturated rings. The summed E-state index contributed by atoms with van der Waals surface area (Å²) >= 11 is 0. The van der Waals surface area contributed by atoms with Crippen molar-refractivity contribution in [3.8, 4) is 11.5 Å². The van der Waals surface area contributed by atoms with Crippen LogP contribution in [0.3, 0.4) is 0 Å². The van der Waals surface area contributed by atoms with E-state index in [9.17, 15) is 0 Å². The van der Waals surface area contributed by atoms with Crippen molar-refractivity contribution in [2.75, 3.05) is 57.3 Å². The van der Waals surface area contributed by atoms with Crippen molar-refractivity contribution in [3.05, 3.63) is 36.2 Å². The standard InChI is InChI=1S/C23H34N6O/c1-4-19-15-22(26-23(25-19)21-7-5-6-8-24-21)28-11-9-27(10-12-28)16-20-17-29(18(2)3)13-14-30-20/h5-8,15,18,20H,4,9-14,16-17H2,1-3H3. The maximum atomic E-state index is 6.04. The molecule has 2 saturated heterocycles. The van der Waals surface area contributed by atoms with Gasteiger partial charge < -0.3 is 9.64 Å². The Kier molecular flexibility index (Phi) is 6.92. The zero-order chi connectivity index (χ0) is 20.9. The molecule has 0 N–H and O–H groups in total. The average molecular weight is 411 g/mol. The van der Waals surface area contributed by atoms with E-state index < -0.39 is 0 Å². The molecule has 4 heterocycles. The first-order chi connectivity index (χ1) is 14.6. The van der Waals surface area contributed by atoms with Gasteiger partial charge in [-0.1, -0.05) is 13.0 Å². The molecule has 4 rings (SSSR count). The van der Waals surface area contributed by atoms with Crippen molar-refractivity contribution in [2.24, 2.45) is 0 Å². The highest BCUT2D eigenvalue weighted by atomic mass is 16.5. The van der Waals surface area contributed by atoms with E-state index in [-0.39, 0.29) is 0 Å². The van der Waals surface area contributed by atoms with Crippen LogP contribution in [0.1, 0.15) is 26.5 Å². The Balaban J connectivity index is 1.38. The molecule has 7 heteroatoms. The molecule has 0 spiro atoms. The topological polar surface area (TPSA) is 57.6 Å². The molecule has 0 saturated carbocycles. The Bertz CT molecular complexity index is 807. The van der Waals surface area contributed by atoms with Crippen molar-refractivity contribution >= 4 is 5.82 Å². The second-order valence-corrected chi connectivity index (χ2v) is 8.48. The fourth-order valence-electron chi connectivity index (χ4n) is 4.20. The number of nitrogens with zero attached hydrogens (tertiary/aromatic N) is 6. The number of rotatable bonds is 6. The number of hydrogen-bond acceptors (Lipinski definition) is 7. The molecule has 0 amide bonds. The van der Waals surface area contributed by atoms with Gasteiger partial charge in [-0.2, -0.15) is 0 Å². The van der Waals surface area contributed by atoms with E-state index in [1.807, 2.05) is 18.2 Å². The predicted octanol–water partition coefficient (Wildman–Crippen LogP) is 2.33. The Morgan fingerprint density at radius 2 is 1.93 bits per heavy atom. The molecule has 30 heavy (non-hydrogen) atoms. The molecule has 0 bridgehead atoms. The van der Waals surface area contributed by atoms with Crippen LogP contribution in [0.15, 0.2) is 30.5 Å². The lowest BCUT2D eigenvalue weighted by molar-refractivity contribution is -0.0525. The van der Waals surface area contributed by atoms with Crippen molar-refractivity contribution in [1.29, 1.82) is 0 Å². The van der Waals surface area contributed by atoms with Crippen LogP contribution in [0.5, 0.6) is 0 Å². The number of ether oxygens (including phenoxy) is 1. The summed E-state index contributed by atoms with van der Waals surface area (Å²) in [4.78, 5) is 21.4. The summed E-state index contributed by atoms with van der Waals surface area (Å²) in [6.07, 6.45) is 3.00. The normalized spacial score (nSPS) is 21.3. The maximum absolute atomic E-state index is 6.04. The molecule has 0 radical (unpaired) electrons. The third-order valence-corrected chi connectivity index (χ3v) is 6.08. The van der Waals surface area contributed by atoms with Gasteiger partial charge in [0.2, 0.25) is 0 Å². The maximum Gasteiger partial charge on any atom is 0.180 e. The smallest absolute Gasteiger partial charge is 0.180 e. The number of piperazine rings is 1. The fraction of sp³-hybridized carbons (Fsp3) is 0.609. The third-order valence-electron chi connectivity index (χ3n) is 6.08. The van der Waals surface area contributed by atoms with Gasteiger partial charge in [-0.15, -0.1) is 0 Å². The van der Waals surface area contributed by atoms with E-state index >= 15 is 0 Å². The number of aromatic nitrogens is 3. The lowest BCUT2D eigenvalue weighted by atomic mass is 10.2. The summed E-state index contributed by atoms with van der Waals surface area (Å²) in [6.45, 7) is 14.6. The van der Waals surface area contributed by atoms with Gasteiger partial charge in [0.25, 0.3) is 0 Å². The van der Waals surface area contributed by atoms with Gasteiger partial charge in [0, 0.05) is 69.8 Å². The van der Waals surface area contributed by atoms with Crippen LogP contribution in [0, 0.1) is 0 Å². The molecule has 1 unspecified atom stereocenters. The van der Waals surface area contributed by atoms with E-state index in [1.165, 1.54) is 0 Å². The zero-order valence-electron chi connectivity index (χ0n) is 18.5. The summed E-state index contributed by atoms with van der Waals surface area (Å²) in [5.41, 5.74) is 1.89. The number of pyridine rings is 1. The second-order valence-electron chi connectivity index (χ2n) is 8.48. The summed E-state index contributed by atoms with van der Waals surface area (Å²) < 4.78 is 6.04. The predicted molar refractivity (Wildman–Crippen MR) is 120 cm³/mol.